The third-order valence-electron chi connectivity index (χ3n) is 3.64. The van der Waals surface area contributed by atoms with E-state index in [-0.39, 0.29) is 0 Å². The monoisotopic (exact) mass is 245 g/mol. The molecule has 1 saturated heterocycles. The largest absolute Gasteiger partial charge is 0.368 e. The molecule has 2 heterocycles. The predicted molar refractivity (Wildman–Crippen MR) is 74.3 cm³/mol. The molecule has 5 heteroatoms. The van der Waals surface area contributed by atoms with E-state index in [4.69, 9.17) is 5.73 Å². The summed E-state index contributed by atoms with van der Waals surface area (Å²) in [6.45, 7) is 6.20. The van der Waals surface area contributed by atoms with Crippen LogP contribution in [-0.2, 0) is 0 Å². The third kappa shape index (κ3) is 1.71. The van der Waals surface area contributed by atoms with Gasteiger partial charge in [0.25, 0.3) is 0 Å². The Kier molecular flexibility index (Phi) is 2.63. The molecule has 1 aromatic heterocycles. The van der Waals surface area contributed by atoms with E-state index in [1.165, 1.54) is 5.56 Å². The third-order valence-corrected chi connectivity index (χ3v) is 3.64. The summed E-state index contributed by atoms with van der Waals surface area (Å²) in [6, 6.07) is 6.15. The summed E-state index contributed by atoms with van der Waals surface area (Å²) < 4.78 is 2.08. The molecule has 0 radical (unpaired) electrons. The smallest absolute Gasteiger partial charge is 0.220 e. The number of benzene rings is 1. The molecular formula is C13H19N5. The van der Waals surface area contributed by atoms with Gasteiger partial charge in [-0.2, -0.15) is 0 Å². The van der Waals surface area contributed by atoms with Crippen molar-refractivity contribution in [3.63, 3.8) is 0 Å². The van der Waals surface area contributed by atoms with Crippen molar-refractivity contribution >= 4 is 17.0 Å². The van der Waals surface area contributed by atoms with Crippen LogP contribution in [0.1, 0.15) is 5.56 Å². The molecule has 0 bridgehead atoms. The second-order valence-electron chi connectivity index (χ2n) is 4.98. The number of rotatable bonds is 1. The zero-order valence-corrected chi connectivity index (χ0v) is 10.9. The van der Waals surface area contributed by atoms with Crippen LogP contribution < -0.4 is 10.7 Å². The number of likely N-dealkylation sites (N-methyl/N-ethyl adjacent to an activating group) is 1. The summed E-state index contributed by atoms with van der Waals surface area (Å²) in [6.07, 6.45) is 0. The van der Waals surface area contributed by atoms with Gasteiger partial charge in [-0.3, -0.25) is 0 Å². The van der Waals surface area contributed by atoms with Gasteiger partial charge in [0.05, 0.1) is 11.0 Å². The van der Waals surface area contributed by atoms with Crippen LogP contribution in [0.3, 0.4) is 0 Å². The molecule has 96 valence electrons. The zero-order chi connectivity index (χ0) is 12.7. The van der Waals surface area contributed by atoms with E-state index in [1.807, 2.05) is 12.1 Å². The number of piperazine rings is 1. The van der Waals surface area contributed by atoms with Crippen LogP contribution in [0.4, 0.5) is 5.95 Å². The highest BCUT2D eigenvalue weighted by Gasteiger charge is 2.19. The number of nitrogens with two attached hydrogens (primary N) is 1. The molecule has 18 heavy (non-hydrogen) atoms. The van der Waals surface area contributed by atoms with Crippen LogP contribution in [0, 0.1) is 6.92 Å². The van der Waals surface area contributed by atoms with Crippen LogP contribution in [0.2, 0.25) is 0 Å². The van der Waals surface area contributed by atoms with E-state index < -0.39 is 0 Å². The molecule has 1 aliphatic rings. The molecule has 0 amide bonds. The van der Waals surface area contributed by atoms with Gasteiger partial charge in [-0.15, -0.1) is 0 Å². The highest BCUT2D eigenvalue weighted by Crippen LogP contribution is 2.22. The Morgan fingerprint density at radius 2 is 1.89 bits per heavy atom. The van der Waals surface area contributed by atoms with Crippen LogP contribution in [0.5, 0.6) is 0 Å². The Hall–Kier alpha value is -1.75. The lowest BCUT2D eigenvalue weighted by Gasteiger charge is -2.35. The number of hydrogen-bond donors (Lipinski definition) is 1. The molecule has 0 spiro atoms. The number of nitrogen functional groups attached to an aromatic ring is 1. The molecule has 1 fully saturated rings. The van der Waals surface area contributed by atoms with Gasteiger partial charge in [-0.25, -0.2) is 9.66 Å². The second-order valence-corrected chi connectivity index (χ2v) is 4.98. The Bertz CT molecular complexity index is 566. The maximum Gasteiger partial charge on any atom is 0.220 e. The Labute approximate surface area is 107 Å². The molecule has 3 rings (SSSR count). The minimum Gasteiger partial charge on any atom is -0.368 e. The Morgan fingerprint density at radius 1 is 1.17 bits per heavy atom. The number of hydrogen-bond acceptors (Lipinski definition) is 4. The first kappa shape index (κ1) is 11.3. The van der Waals surface area contributed by atoms with Gasteiger partial charge in [0, 0.05) is 26.2 Å². The second kappa shape index (κ2) is 4.17. The molecule has 2 aromatic rings. The number of aryl methyl sites for hydroxylation is 1. The van der Waals surface area contributed by atoms with E-state index in [9.17, 15) is 0 Å². The van der Waals surface area contributed by atoms with Crippen molar-refractivity contribution in [3.05, 3.63) is 23.8 Å². The van der Waals surface area contributed by atoms with Gasteiger partial charge in [0.1, 0.15) is 0 Å². The van der Waals surface area contributed by atoms with E-state index in [0.29, 0.717) is 5.95 Å². The number of imidazole rings is 1. The van der Waals surface area contributed by atoms with Crippen LogP contribution >= 0.6 is 0 Å². The van der Waals surface area contributed by atoms with Gasteiger partial charge in [0.15, 0.2) is 0 Å². The van der Waals surface area contributed by atoms with Crippen molar-refractivity contribution < 1.29 is 0 Å². The average Bonchev–Trinajstić information content (AvgIpc) is 2.68. The zero-order valence-electron chi connectivity index (χ0n) is 10.9. The summed E-state index contributed by atoms with van der Waals surface area (Å²) >= 11 is 0. The van der Waals surface area contributed by atoms with E-state index in [2.05, 4.69) is 39.6 Å². The van der Waals surface area contributed by atoms with Crippen LogP contribution in [0.25, 0.3) is 11.0 Å². The summed E-state index contributed by atoms with van der Waals surface area (Å²) in [5, 5.41) is 2.29. The lowest BCUT2D eigenvalue weighted by Crippen LogP contribution is -2.50. The van der Waals surface area contributed by atoms with Gasteiger partial charge < -0.3 is 15.6 Å². The fourth-order valence-corrected chi connectivity index (χ4v) is 2.58. The molecule has 0 saturated carbocycles. The number of anilines is 1. The van der Waals surface area contributed by atoms with E-state index in [1.54, 1.807) is 0 Å². The maximum absolute atomic E-state index is 6.08. The molecule has 0 aliphatic carbocycles. The van der Waals surface area contributed by atoms with Crippen LogP contribution in [-0.4, -0.2) is 47.8 Å². The van der Waals surface area contributed by atoms with Gasteiger partial charge in [0.2, 0.25) is 5.95 Å². The summed E-state index contributed by atoms with van der Waals surface area (Å²) in [5.74, 6) is 0.587. The lowest BCUT2D eigenvalue weighted by molar-refractivity contribution is 0.290. The average molecular weight is 245 g/mol. The summed E-state index contributed by atoms with van der Waals surface area (Å²) in [7, 11) is 2.15. The standard InChI is InChI=1S/C13H19N5/c1-10-4-3-5-11-12(10)18(13(14)15-11)17-8-6-16(2)7-9-17/h3-5H,6-9H2,1-2H3,(H2,14,15). The SMILES string of the molecule is Cc1cccc2nc(N)n(N3CCN(C)CC3)c12. The molecule has 1 aromatic carbocycles. The first-order valence-corrected chi connectivity index (χ1v) is 6.34. The number of fused-ring (bicyclic) bond motifs is 1. The summed E-state index contributed by atoms with van der Waals surface area (Å²) in [4.78, 5) is 6.79. The molecule has 0 unspecified atom stereocenters. The number of para-hydroxylation sites is 1. The fourth-order valence-electron chi connectivity index (χ4n) is 2.58. The van der Waals surface area contributed by atoms with Gasteiger partial charge in [-0.05, 0) is 25.6 Å². The quantitative estimate of drug-likeness (QED) is 0.808. The highest BCUT2D eigenvalue weighted by atomic mass is 15.6. The summed E-state index contributed by atoms with van der Waals surface area (Å²) in [5.41, 5.74) is 9.42. The number of nitrogens with zero attached hydrogens (tertiary/aromatic N) is 4. The van der Waals surface area contributed by atoms with Crippen molar-refractivity contribution in [1.29, 1.82) is 0 Å². The van der Waals surface area contributed by atoms with E-state index >= 15 is 0 Å². The van der Waals surface area contributed by atoms with Crippen molar-refractivity contribution in [2.24, 2.45) is 0 Å². The van der Waals surface area contributed by atoms with E-state index in [0.717, 1.165) is 37.2 Å². The van der Waals surface area contributed by atoms with Crippen molar-refractivity contribution in [1.82, 2.24) is 14.6 Å². The molecule has 1 aliphatic heterocycles. The Balaban J connectivity index is 2.08. The fraction of sp³-hybridized carbons (Fsp3) is 0.462. The van der Waals surface area contributed by atoms with Gasteiger partial charge >= 0.3 is 0 Å². The maximum atomic E-state index is 6.08. The lowest BCUT2D eigenvalue weighted by atomic mass is 10.2. The molecular weight excluding hydrogens is 226 g/mol. The normalized spacial score (nSPS) is 17.6. The first-order valence-electron chi connectivity index (χ1n) is 6.34. The topological polar surface area (TPSA) is 50.3 Å². The van der Waals surface area contributed by atoms with Crippen molar-refractivity contribution in [2.45, 2.75) is 6.92 Å². The van der Waals surface area contributed by atoms with Crippen LogP contribution in [0.15, 0.2) is 18.2 Å². The molecule has 5 nitrogen and oxygen atoms in total. The van der Waals surface area contributed by atoms with Crippen molar-refractivity contribution in [2.75, 3.05) is 44.0 Å². The minimum absolute atomic E-state index is 0.587. The Morgan fingerprint density at radius 3 is 2.61 bits per heavy atom. The highest BCUT2D eigenvalue weighted by molar-refractivity contribution is 5.82. The van der Waals surface area contributed by atoms with Gasteiger partial charge in [-0.1, -0.05) is 12.1 Å². The first-order chi connectivity index (χ1) is 8.66. The molecule has 2 N–H and O–H groups in total. The minimum atomic E-state index is 0.587. The number of aromatic nitrogens is 2. The molecule has 0 atom stereocenters. The predicted octanol–water partition coefficient (Wildman–Crippen LogP) is 0.810. The van der Waals surface area contributed by atoms with Crippen molar-refractivity contribution in [3.8, 4) is 0 Å².